The van der Waals surface area contributed by atoms with Crippen molar-refractivity contribution in [1.29, 1.82) is 0 Å². The molecule has 1 aliphatic heterocycles. The SMILES string of the molecule is CC(C)OC(=O)N1CCC(Oc2ncnc(Nc3ccc(S(C)(=O)=O)cc3F)c2N)CC1. The van der Waals surface area contributed by atoms with Crippen LogP contribution >= 0.6 is 0 Å². The van der Waals surface area contributed by atoms with Crippen molar-refractivity contribution >= 4 is 33.1 Å². The third kappa shape index (κ3) is 5.75. The number of hydrogen-bond donors (Lipinski definition) is 2. The van der Waals surface area contributed by atoms with Crippen molar-refractivity contribution in [1.82, 2.24) is 14.9 Å². The molecule has 1 fully saturated rings. The van der Waals surface area contributed by atoms with Crippen molar-refractivity contribution in [3.8, 4) is 5.88 Å². The van der Waals surface area contributed by atoms with Gasteiger partial charge in [-0.15, -0.1) is 0 Å². The van der Waals surface area contributed by atoms with Gasteiger partial charge in [-0.05, 0) is 32.0 Å². The van der Waals surface area contributed by atoms with Gasteiger partial charge in [-0.25, -0.2) is 22.6 Å². The van der Waals surface area contributed by atoms with Crippen LogP contribution in [0.2, 0.25) is 0 Å². The number of anilines is 3. The summed E-state index contributed by atoms with van der Waals surface area (Å²) < 4.78 is 48.6. The predicted molar refractivity (Wildman–Crippen MR) is 116 cm³/mol. The highest BCUT2D eigenvalue weighted by atomic mass is 32.2. The Morgan fingerprint density at radius 3 is 2.56 bits per heavy atom. The summed E-state index contributed by atoms with van der Waals surface area (Å²) in [6, 6.07) is 3.50. The normalized spacial score (nSPS) is 15.0. The van der Waals surface area contributed by atoms with Crippen molar-refractivity contribution < 1.29 is 27.1 Å². The van der Waals surface area contributed by atoms with E-state index in [9.17, 15) is 17.6 Å². The second-order valence-corrected chi connectivity index (χ2v) is 9.73. The van der Waals surface area contributed by atoms with Crippen molar-refractivity contribution in [3.63, 3.8) is 0 Å². The minimum atomic E-state index is -3.53. The Morgan fingerprint density at radius 2 is 1.97 bits per heavy atom. The van der Waals surface area contributed by atoms with Gasteiger partial charge in [-0.1, -0.05) is 0 Å². The Balaban J connectivity index is 1.66. The van der Waals surface area contributed by atoms with Crippen LogP contribution in [0.5, 0.6) is 5.88 Å². The highest BCUT2D eigenvalue weighted by Gasteiger charge is 2.26. The van der Waals surface area contributed by atoms with Crippen molar-refractivity contribution in [2.24, 2.45) is 0 Å². The second-order valence-electron chi connectivity index (χ2n) is 7.72. The molecule has 0 saturated carbocycles. The molecule has 2 aromatic rings. The summed E-state index contributed by atoms with van der Waals surface area (Å²) in [5, 5.41) is 2.74. The van der Waals surface area contributed by atoms with Gasteiger partial charge in [0.15, 0.2) is 15.7 Å². The fourth-order valence-electron chi connectivity index (χ4n) is 3.12. The van der Waals surface area contributed by atoms with E-state index in [1.807, 2.05) is 0 Å². The van der Waals surface area contributed by atoms with Crippen LogP contribution in [0.4, 0.5) is 26.4 Å². The van der Waals surface area contributed by atoms with E-state index >= 15 is 0 Å². The Hall–Kier alpha value is -3.15. The van der Waals surface area contributed by atoms with E-state index in [0.29, 0.717) is 25.9 Å². The van der Waals surface area contributed by atoms with E-state index in [-0.39, 0.29) is 46.3 Å². The first kappa shape index (κ1) is 23.5. The number of likely N-dealkylation sites (tertiary alicyclic amines) is 1. The maximum atomic E-state index is 14.4. The first-order valence-electron chi connectivity index (χ1n) is 10.0. The number of rotatable bonds is 6. The van der Waals surface area contributed by atoms with Crippen LogP contribution in [0.3, 0.4) is 0 Å². The number of nitrogen functional groups attached to an aromatic ring is 1. The van der Waals surface area contributed by atoms with Gasteiger partial charge in [0.25, 0.3) is 0 Å². The van der Waals surface area contributed by atoms with Gasteiger partial charge in [0.05, 0.1) is 16.7 Å². The number of sulfone groups is 1. The van der Waals surface area contributed by atoms with Gasteiger partial charge in [0.2, 0.25) is 5.88 Å². The molecule has 1 aromatic heterocycles. The Labute approximate surface area is 185 Å². The van der Waals surface area contributed by atoms with Crippen LogP contribution in [-0.4, -0.2) is 60.9 Å². The van der Waals surface area contributed by atoms with Crippen molar-refractivity contribution in [2.75, 3.05) is 30.4 Å². The first-order valence-corrected chi connectivity index (χ1v) is 11.9. The molecule has 0 unspecified atom stereocenters. The maximum absolute atomic E-state index is 14.4. The van der Waals surface area contributed by atoms with Crippen molar-refractivity contribution in [3.05, 3.63) is 30.3 Å². The fourth-order valence-corrected chi connectivity index (χ4v) is 3.75. The molecule has 0 aliphatic carbocycles. The number of benzene rings is 1. The largest absolute Gasteiger partial charge is 0.473 e. The quantitative estimate of drug-likeness (QED) is 0.657. The number of nitrogens with one attached hydrogen (secondary N) is 1. The average Bonchev–Trinajstić information content (AvgIpc) is 2.71. The third-order valence-electron chi connectivity index (χ3n) is 4.78. The van der Waals surface area contributed by atoms with Gasteiger partial charge in [-0.2, -0.15) is 4.98 Å². The molecule has 1 aromatic carbocycles. The number of halogens is 1. The van der Waals surface area contributed by atoms with E-state index in [4.69, 9.17) is 15.2 Å². The average molecular weight is 468 g/mol. The van der Waals surface area contributed by atoms with E-state index in [2.05, 4.69) is 15.3 Å². The summed E-state index contributed by atoms with van der Waals surface area (Å²) in [7, 11) is -3.53. The number of hydrogen-bond acceptors (Lipinski definition) is 9. The number of carbonyl (C=O) groups excluding carboxylic acids is 1. The van der Waals surface area contributed by atoms with E-state index in [1.54, 1.807) is 18.7 Å². The number of nitrogens with two attached hydrogens (primary N) is 1. The van der Waals surface area contributed by atoms with Crippen LogP contribution in [0.25, 0.3) is 0 Å². The number of aromatic nitrogens is 2. The zero-order valence-corrected chi connectivity index (χ0v) is 18.9. The third-order valence-corrected chi connectivity index (χ3v) is 5.89. The lowest BCUT2D eigenvalue weighted by atomic mass is 10.1. The van der Waals surface area contributed by atoms with Crippen LogP contribution in [0.15, 0.2) is 29.4 Å². The Bertz CT molecular complexity index is 1090. The number of piperidine rings is 1. The molecule has 3 rings (SSSR count). The topological polar surface area (TPSA) is 137 Å². The summed E-state index contributed by atoms with van der Waals surface area (Å²) >= 11 is 0. The summed E-state index contributed by atoms with van der Waals surface area (Å²) in [4.78, 5) is 21.6. The van der Waals surface area contributed by atoms with Gasteiger partial charge >= 0.3 is 6.09 Å². The fraction of sp³-hybridized carbons (Fsp3) is 0.450. The highest BCUT2D eigenvalue weighted by molar-refractivity contribution is 7.90. The number of amides is 1. The molecule has 3 N–H and O–H groups in total. The summed E-state index contributed by atoms with van der Waals surface area (Å²) in [5.74, 6) is -0.508. The van der Waals surface area contributed by atoms with Gasteiger partial charge < -0.3 is 25.4 Å². The Morgan fingerprint density at radius 1 is 1.28 bits per heavy atom. The molecule has 32 heavy (non-hydrogen) atoms. The van der Waals surface area contributed by atoms with Gasteiger partial charge in [0.1, 0.15) is 23.9 Å². The summed E-state index contributed by atoms with van der Waals surface area (Å²) in [5.41, 5.74) is 6.20. The van der Waals surface area contributed by atoms with Crippen LogP contribution in [-0.2, 0) is 14.6 Å². The Kier molecular flexibility index (Phi) is 7.02. The minimum Gasteiger partial charge on any atom is -0.473 e. The molecule has 10 nitrogen and oxygen atoms in total. The molecule has 0 atom stereocenters. The molecule has 1 saturated heterocycles. The van der Waals surface area contributed by atoms with Crippen molar-refractivity contribution in [2.45, 2.75) is 43.8 Å². The van der Waals surface area contributed by atoms with Gasteiger partial charge in [0, 0.05) is 32.2 Å². The number of carbonyl (C=O) groups is 1. The predicted octanol–water partition coefficient (Wildman–Crippen LogP) is 2.73. The number of nitrogens with zero attached hydrogens (tertiary/aromatic N) is 3. The second kappa shape index (κ2) is 9.55. The standard InChI is InChI=1S/C20H26FN5O5S/c1-12(2)30-20(27)26-8-6-13(7-9-26)31-19-17(22)18(23-11-24-19)25-16-5-4-14(10-15(16)21)32(3,28)29/h4-5,10-13H,6-9,22H2,1-3H3,(H,23,24,25). The van der Waals surface area contributed by atoms with E-state index in [1.165, 1.54) is 18.5 Å². The highest BCUT2D eigenvalue weighted by Crippen LogP contribution is 2.31. The molecule has 2 heterocycles. The first-order chi connectivity index (χ1) is 15.0. The van der Waals surface area contributed by atoms with Gasteiger partial charge in [-0.3, -0.25) is 0 Å². The number of ether oxygens (including phenoxy) is 2. The molecule has 174 valence electrons. The van der Waals surface area contributed by atoms with Crippen LogP contribution in [0.1, 0.15) is 26.7 Å². The lowest BCUT2D eigenvalue weighted by Crippen LogP contribution is -2.42. The molecule has 1 aliphatic rings. The molecule has 1 amide bonds. The zero-order valence-electron chi connectivity index (χ0n) is 18.0. The molecule has 0 spiro atoms. The van der Waals surface area contributed by atoms with Crippen LogP contribution < -0.4 is 15.8 Å². The van der Waals surface area contributed by atoms with E-state index < -0.39 is 15.7 Å². The lowest BCUT2D eigenvalue weighted by Gasteiger charge is -2.31. The smallest absolute Gasteiger partial charge is 0.410 e. The lowest BCUT2D eigenvalue weighted by molar-refractivity contribution is 0.0509. The van der Waals surface area contributed by atoms with Crippen LogP contribution in [0, 0.1) is 5.82 Å². The van der Waals surface area contributed by atoms with E-state index in [0.717, 1.165) is 12.3 Å². The molecule has 0 radical (unpaired) electrons. The molecular formula is C20H26FN5O5S. The molecule has 12 heteroatoms. The zero-order chi connectivity index (χ0) is 23.5. The maximum Gasteiger partial charge on any atom is 0.410 e. The molecular weight excluding hydrogens is 441 g/mol. The molecule has 0 bridgehead atoms. The monoisotopic (exact) mass is 467 g/mol. The minimum absolute atomic E-state index is 0.00530. The summed E-state index contributed by atoms with van der Waals surface area (Å²) in [6.45, 7) is 4.54. The summed E-state index contributed by atoms with van der Waals surface area (Å²) in [6.07, 6.45) is 2.62.